The number of esters is 1. The van der Waals surface area contributed by atoms with Gasteiger partial charge in [-0.05, 0) is 41.9 Å². The van der Waals surface area contributed by atoms with Gasteiger partial charge in [0.1, 0.15) is 11.3 Å². The smallest absolute Gasteiger partial charge is 0.342 e. The molecule has 1 aromatic carbocycles. The van der Waals surface area contributed by atoms with E-state index in [0.29, 0.717) is 34.0 Å². The highest BCUT2D eigenvalue weighted by atomic mass is 79.9. The molecule has 0 atom stereocenters. The van der Waals surface area contributed by atoms with Crippen LogP contribution in [0, 0.1) is 0 Å². The molecule has 0 saturated carbocycles. The quantitative estimate of drug-likeness (QED) is 0.796. The lowest BCUT2D eigenvalue weighted by molar-refractivity contribution is 0.0522. The monoisotopic (exact) mass is 306 g/mol. The van der Waals surface area contributed by atoms with Gasteiger partial charge in [-0.1, -0.05) is 11.6 Å². The van der Waals surface area contributed by atoms with Crippen molar-refractivity contribution in [1.29, 1.82) is 0 Å². The fraction of sp³-hybridized carbons (Fsp3) is 0.364. The van der Waals surface area contributed by atoms with Crippen molar-refractivity contribution in [3.8, 4) is 5.75 Å². The van der Waals surface area contributed by atoms with Crippen molar-refractivity contribution < 1.29 is 14.3 Å². The van der Waals surface area contributed by atoms with E-state index in [9.17, 15) is 4.79 Å². The predicted molar refractivity (Wildman–Crippen MR) is 66.3 cm³/mol. The van der Waals surface area contributed by atoms with Crippen LogP contribution in [0.15, 0.2) is 16.6 Å². The highest BCUT2D eigenvalue weighted by Crippen LogP contribution is 2.33. The Morgan fingerprint density at radius 1 is 1.38 bits per heavy atom. The third-order valence-electron chi connectivity index (χ3n) is 1.79. The van der Waals surface area contributed by atoms with Gasteiger partial charge in [0.25, 0.3) is 0 Å². The van der Waals surface area contributed by atoms with Crippen molar-refractivity contribution >= 4 is 33.5 Å². The van der Waals surface area contributed by atoms with Gasteiger partial charge in [-0.25, -0.2) is 4.79 Å². The summed E-state index contributed by atoms with van der Waals surface area (Å²) >= 11 is 9.17. The summed E-state index contributed by atoms with van der Waals surface area (Å²) in [5.41, 5.74) is 0.336. The van der Waals surface area contributed by atoms with Gasteiger partial charge < -0.3 is 9.47 Å². The molecule has 16 heavy (non-hydrogen) atoms. The third kappa shape index (κ3) is 3.12. The Balaban J connectivity index is 3.17. The van der Waals surface area contributed by atoms with Gasteiger partial charge in [0.2, 0.25) is 0 Å². The van der Waals surface area contributed by atoms with E-state index in [1.807, 2.05) is 6.92 Å². The molecule has 0 aromatic heterocycles. The standard InChI is InChI=1S/C11H12BrClO3/c1-3-15-10-8(11(14)16-4-2)5-7(13)6-9(10)12/h5-6H,3-4H2,1-2H3. The van der Waals surface area contributed by atoms with Crippen LogP contribution in [-0.4, -0.2) is 19.2 Å². The topological polar surface area (TPSA) is 35.5 Å². The molecule has 3 nitrogen and oxygen atoms in total. The van der Waals surface area contributed by atoms with Gasteiger partial charge in [0, 0.05) is 5.02 Å². The molecule has 0 radical (unpaired) electrons. The van der Waals surface area contributed by atoms with Crippen molar-refractivity contribution in [2.45, 2.75) is 13.8 Å². The highest BCUT2D eigenvalue weighted by molar-refractivity contribution is 9.10. The van der Waals surface area contributed by atoms with Gasteiger partial charge >= 0.3 is 5.97 Å². The van der Waals surface area contributed by atoms with E-state index >= 15 is 0 Å². The maximum atomic E-state index is 11.7. The van der Waals surface area contributed by atoms with E-state index in [4.69, 9.17) is 21.1 Å². The summed E-state index contributed by atoms with van der Waals surface area (Å²) in [6, 6.07) is 3.21. The van der Waals surface area contributed by atoms with E-state index in [0.717, 1.165) is 0 Å². The SMILES string of the molecule is CCOC(=O)c1cc(Cl)cc(Br)c1OCC. The lowest BCUT2D eigenvalue weighted by atomic mass is 10.2. The lowest BCUT2D eigenvalue weighted by Crippen LogP contribution is -2.08. The van der Waals surface area contributed by atoms with Gasteiger partial charge in [-0.3, -0.25) is 0 Å². The van der Waals surface area contributed by atoms with Crippen LogP contribution >= 0.6 is 27.5 Å². The van der Waals surface area contributed by atoms with Crippen LogP contribution in [0.5, 0.6) is 5.75 Å². The average molecular weight is 308 g/mol. The van der Waals surface area contributed by atoms with E-state index in [-0.39, 0.29) is 0 Å². The summed E-state index contributed by atoms with van der Waals surface area (Å²) in [5, 5.41) is 0.457. The number of rotatable bonds is 4. The minimum Gasteiger partial charge on any atom is -0.492 e. The van der Waals surface area contributed by atoms with Crippen LogP contribution in [0.4, 0.5) is 0 Å². The first-order valence-corrected chi connectivity index (χ1v) is 6.06. The van der Waals surface area contributed by atoms with Crippen molar-refractivity contribution in [3.05, 3.63) is 27.2 Å². The minimum absolute atomic E-state index is 0.314. The number of carbonyl (C=O) groups excluding carboxylic acids is 1. The summed E-state index contributed by atoms with van der Waals surface area (Å²) < 4.78 is 11.0. The zero-order chi connectivity index (χ0) is 12.1. The molecule has 0 heterocycles. The molecule has 5 heteroatoms. The van der Waals surface area contributed by atoms with Crippen LogP contribution in [-0.2, 0) is 4.74 Å². The van der Waals surface area contributed by atoms with Crippen LogP contribution < -0.4 is 4.74 Å². The molecular formula is C11H12BrClO3. The van der Waals surface area contributed by atoms with Gasteiger partial charge in [0.15, 0.2) is 0 Å². The van der Waals surface area contributed by atoms with Gasteiger partial charge in [0.05, 0.1) is 17.7 Å². The molecule has 0 aliphatic carbocycles. The molecule has 0 spiro atoms. The largest absolute Gasteiger partial charge is 0.492 e. The first kappa shape index (κ1) is 13.3. The number of carbonyl (C=O) groups is 1. The molecule has 0 fully saturated rings. The highest BCUT2D eigenvalue weighted by Gasteiger charge is 2.17. The number of ether oxygens (including phenoxy) is 2. The lowest BCUT2D eigenvalue weighted by Gasteiger charge is -2.11. The molecule has 0 aliphatic heterocycles. The number of hydrogen-bond donors (Lipinski definition) is 0. The van der Waals surface area contributed by atoms with Crippen molar-refractivity contribution in [2.24, 2.45) is 0 Å². The maximum absolute atomic E-state index is 11.7. The molecule has 88 valence electrons. The molecule has 1 aromatic rings. The second-order valence-electron chi connectivity index (χ2n) is 2.92. The number of benzene rings is 1. The first-order valence-electron chi connectivity index (χ1n) is 4.89. The summed E-state index contributed by atoms with van der Waals surface area (Å²) in [7, 11) is 0. The van der Waals surface area contributed by atoms with E-state index in [1.54, 1.807) is 13.0 Å². The molecule has 0 amide bonds. The Labute approximate surface area is 108 Å². The minimum atomic E-state index is -0.436. The summed E-state index contributed by atoms with van der Waals surface area (Å²) in [6.45, 7) is 4.37. The Morgan fingerprint density at radius 3 is 2.62 bits per heavy atom. The third-order valence-corrected chi connectivity index (χ3v) is 2.60. The fourth-order valence-corrected chi connectivity index (χ4v) is 2.14. The van der Waals surface area contributed by atoms with Crippen molar-refractivity contribution in [1.82, 2.24) is 0 Å². The molecule has 0 N–H and O–H groups in total. The summed E-state index contributed by atoms with van der Waals surface area (Å²) in [5.74, 6) is 0.0273. The number of halogens is 2. The van der Waals surface area contributed by atoms with Crippen LogP contribution in [0.1, 0.15) is 24.2 Å². The molecule has 1 rings (SSSR count). The van der Waals surface area contributed by atoms with Crippen LogP contribution in [0.3, 0.4) is 0 Å². The summed E-state index contributed by atoms with van der Waals surface area (Å²) in [6.07, 6.45) is 0. The summed E-state index contributed by atoms with van der Waals surface area (Å²) in [4.78, 5) is 11.7. The normalized spacial score (nSPS) is 10.0. The zero-order valence-corrected chi connectivity index (χ0v) is 11.4. The van der Waals surface area contributed by atoms with Crippen molar-refractivity contribution in [3.63, 3.8) is 0 Å². The Hall–Kier alpha value is -0.740. The average Bonchev–Trinajstić information content (AvgIpc) is 2.22. The molecule has 0 unspecified atom stereocenters. The van der Waals surface area contributed by atoms with Gasteiger partial charge in [-0.15, -0.1) is 0 Å². The predicted octanol–water partition coefficient (Wildman–Crippen LogP) is 3.68. The second kappa shape index (κ2) is 6.11. The van der Waals surface area contributed by atoms with Crippen molar-refractivity contribution in [2.75, 3.05) is 13.2 Å². The molecule has 0 bridgehead atoms. The van der Waals surface area contributed by atoms with Gasteiger partial charge in [-0.2, -0.15) is 0 Å². The molecule has 0 aliphatic rings. The molecular weight excluding hydrogens is 295 g/mol. The fourth-order valence-electron chi connectivity index (χ4n) is 1.21. The van der Waals surface area contributed by atoms with Crippen LogP contribution in [0.25, 0.3) is 0 Å². The van der Waals surface area contributed by atoms with Crippen LogP contribution in [0.2, 0.25) is 5.02 Å². The van der Waals surface area contributed by atoms with E-state index in [2.05, 4.69) is 15.9 Å². The zero-order valence-electron chi connectivity index (χ0n) is 9.05. The number of hydrogen-bond acceptors (Lipinski definition) is 3. The Morgan fingerprint density at radius 2 is 2.06 bits per heavy atom. The Bertz CT molecular complexity index is 393. The molecule has 0 saturated heterocycles. The Kier molecular flexibility index (Phi) is 5.09. The second-order valence-corrected chi connectivity index (χ2v) is 4.21. The van der Waals surface area contributed by atoms with E-state index < -0.39 is 5.97 Å². The first-order chi connectivity index (χ1) is 7.60. The van der Waals surface area contributed by atoms with E-state index in [1.165, 1.54) is 6.07 Å². The maximum Gasteiger partial charge on any atom is 0.342 e.